The van der Waals surface area contributed by atoms with Crippen molar-refractivity contribution in [3.8, 4) is 0 Å². The van der Waals surface area contributed by atoms with Gasteiger partial charge in [-0.25, -0.2) is 4.39 Å². The molecule has 5 nitrogen and oxygen atoms in total. The molecule has 3 rings (SSSR count). The van der Waals surface area contributed by atoms with Crippen molar-refractivity contribution in [1.29, 1.82) is 0 Å². The number of rotatable bonds is 5. The summed E-state index contributed by atoms with van der Waals surface area (Å²) in [6.45, 7) is 4.70. The molecule has 0 saturated carbocycles. The van der Waals surface area contributed by atoms with E-state index in [0.29, 0.717) is 38.9 Å². The van der Waals surface area contributed by atoms with E-state index in [-0.39, 0.29) is 29.7 Å². The van der Waals surface area contributed by atoms with Crippen molar-refractivity contribution in [2.24, 2.45) is 5.41 Å². The SMILES string of the molecule is Cc1cc(F)ccc1CC(=O)N1CCC2(CCC(=O)N(CCCO)C2)CC1. The summed E-state index contributed by atoms with van der Waals surface area (Å²) in [4.78, 5) is 28.6. The summed E-state index contributed by atoms with van der Waals surface area (Å²) in [5.74, 6) is -0.0100. The third-order valence-corrected chi connectivity index (χ3v) is 6.16. The molecule has 2 heterocycles. The van der Waals surface area contributed by atoms with Crippen LogP contribution < -0.4 is 0 Å². The normalized spacial score (nSPS) is 19.6. The quantitative estimate of drug-likeness (QED) is 0.858. The number of likely N-dealkylation sites (tertiary alicyclic amines) is 2. The van der Waals surface area contributed by atoms with Gasteiger partial charge in [0.1, 0.15) is 5.82 Å². The fourth-order valence-electron chi connectivity index (χ4n) is 4.34. The monoisotopic (exact) mass is 376 g/mol. The van der Waals surface area contributed by atoms with Crippen LogP contribution in [0, 0.1) is 18.2 Å². The van der Waals surface area contributed by atoms with Gasteiger partial charge in [-0.1, -0.05) is 6.07 Å². The Bertz CT molecular complexity index is 699. The highest BCUT2D eigenvalue weighted by atomic mass is 19.1. The van der Waals surface area contributed by atoms with Crippen molar-refractivity contribution in [2.45, 2.75) is 45.4 Å². The summed E-state index contributed by atoms with van der Waals surface area (Å²) in [5.41, 5.74) is 1.79. The van der Waals surface area contributed by atoms with Gasteiger partial charge in [-0.2, -0.15) is 0 Å². The second-order valence-corrected chi connectivity index (χ2v) is 8.02. The van der Waals surface area contributed by atoms with Crippen molar-refractivity contribution in [3.63, 3.8) is 0 Å². The third-order valence-electron chi connectivity index (χ3n) is 6.16. The zero-order valence-electron chi connectivity index (χ0n) is 16.0. The molecule has 1 N–H and O–H groups in total. The molecule has 0 aromatic heterocycles. The molecule has 0 radical (unpaired) electrons. The highest BCUT2D eigenvalue weighted by Gasteiger charge is 2.41. The molecular weight excluding hydrogens is 347 g/mol. The highest BCUT2D eigenvalue weighted by molar-refractivity contribution is 5.79. The molecule has 2 aliphatic heterocycles. The van der Waals surface area contributed by atoms with E-state index in [1.807, 2.05) is 16.7 Å². The predicted octanol–water partition coefficient (Wildman–Crippen LogP) is 2.29. The van der Waals surface area contributed by atoms with Crippen LogP contribution in [-0.4, -0.2) is 59.5 Å². The number of aliphatic hydroxyl groups excluding tert-OH is 1. The van der Waals surface area contributed by atoms with Crippen LogP contribution in [0.2, 0.25) is 0 Å². The van der Waals surface area contributed by atoms with E-state index in [1.165, 1.54) is 12.1 Å². The largest absolute Gasteiger partial charge is 0.396 e. The Morgan fingerprint density at radius 3 is 2.67 bits per heavy atom. The van der Waals surface area contributed by atoms with Crippen molar-refractivity contribution in [3.05, 3.63) is 35.1 Å². The summed E-state index contributed by atoms with van der Waals surface area (Å²) >= 11 is 0. The molecule has 2 saturated heterocycles. The van der Waals surface area contributed by atoms with Crippen molar-refractivity contribution in [1.82, 2.24) is 9.80 Å². The number of hydrogen-bond acceptors (Lipinski definition) is 3. The minimum atomic E-state index is -0.277. The lowest BCUT2D eigenvalue weighted by Crippen LogP contribution is -2.52. The number of amides is 2. The minimum absolute atomic E-state index is 0.0866. The van der Waals surface area contributed by atoms with Crippen LogP contribution in [0.3, 0.4) is 0 Å². The Hall–Kier alpha value is -1.95. The molecule has 0 atom stereocenters. The first kappa shape index (κ1) is 19.8. The average molecular weight is 376 g/mol. The van der Waals surface area contributed by atoms with E-state index < -0.39 is 0 Å². The first-order valence-corrected chi connectivity index (χ1v) is 9.84. The van der Waals surface area contributed by atoms with Crippen molar-refractivity contribution in [2.75, 3.05) is 32.8 Å². The Kier molecular flexibility index (Phi) is 6.15. The van der Waals surface area contributed by atoms with Crippen LogP contribution in [0.5, 0.6) is 0 Å². The Morgan fingerprint density at radius 1 is 1.26 bits per heavy atom. The molecule has 0 bridgehead atoms. The maximum absolute atomic E-state index is 13.2. The van der Waals surface area contributed by atoms with Gasteiger partial charge in [-0.3, -0.25) is 9.59 Å². The fourth-order valence-corrected chi connectivity index (χ4v) is 4.34. The number of benzene rings is 1. The van der Waals surface area contributed by atoms with Crippen molar-refractivity contribution < 1.29 is 19.1 Å². The van der Waals surface area contributed by atoms with Gasteiger partial charge in [0.15, 0.2) is 0 Å². The summed E-state index contributed by atoms with van der Waals surface area (Å²) in [6, 6.07) is 4.56. The molecule has 6 heteroatoms. The maximum atomic E-state index is 13.2. The summed E-state index contributed by atoms with van der Waals surface area (Å²) in [5, 5.41) is 9.03. The van der Waals surface area contributed by atoms with Crippen LogP contribution in [0.4, 0.5) is 4.39 Å². The van der Waals surface area contributed by atoms with E-state index in [4.69, 9.17) is 5.11 Å². The fraction of sp³-hybridized carbons (Fsp3) is 0.619. The lowest BCUT2D eigenvalue weighted by Gasteiger charge is -2.47. The van der Waals surface area contributed by atoms with Gasteiger partial charge in [0.05, 0.1) is 6.42 Å². The number of aryl methyl sites for hydroxylation is 1. The van der Waals surface area contributed by atoms with Crippen LogP contribution >= 0.6 is 0 Å². The molecule has 148 valence electrons. The summed E-state index contributed by atoms with van der Waals surface area (Å²) in [7, 11) is 0. The standard InChI is InChI=1S/C21H29FN2O3/c1-16-13-18(22)4-3-17(16)14-20(27)23-10-7-21(8-11-23)6-5-19(26)24(15-21)9-2-12-25/h3-4,13,25H,2,5-12,14-15H2,1H3. The van der Waals surface area contributed by atoms with E-state index >= 15 is 0 Å². The third kappa shape index (κ3) is 4.67. The smallest absolute Gasteiger partial charge is 0.226 e. The van der Waals surface area contributed by atoms with Gasteiger partial charge in [-0.15, -0.1) is 0 Å². The maximum Gasteiger partial charge on any atom is 0.226 e. The van der Waals surface area contributed by atoms with Gasteiger partial charge < -0.3 is 14.9 Å². The second-order valence-electron chi connectivity index (χ2n) is 8.02. The van der Waals surface area contributed by atoms with E-state index in [9.17, 15) is 14.0 Å². The molecule has 2 aliphatic rings. The predicted molar refractivity (Wildman–Crippen MR) is 101 cm³/mol. The zero-order chi connectivity index (χ0) is 19.4. The lowest BCUT2D eigenvalue weighted by atomic mass is 9.72. The average Bonchev–Trinajstić information content (AvgIpc) is 2.65. The molecular formula is C21H29FN2O3. The highest BCUT2D eigenvalue weighted by Crippen LogP contribution is 2.40. The molecule has 1 spiro atoms. The topological polar surface area (TPSA) is 60.9 Å². The minimum Gasteiger partial charge on any atom is -0.396 e. The Balaban J connectivity index is 1.56. The summed E-state index contributed by atoms with van der Waals surface area (Å²) in [6.07, 6.45) is 4.19. The molecule has 1 aromatic carbocycles. The van der Waals surface area contributed by atoms with Crippen LogP contribution in [-0.2, 0) is 16.0 Å². The zero-order valence-corrected chi connectivity index (χ0v) is 16.0. The number of piperidine rings is 2. The Morgan fingerprint density at radius 2 is 2.00 bits per heavy atom. The van der Waals surface area contributed by atoms with Crippen LogP contribution in [0.25, 0.3) is 0 Å². The molecule has 27 heavy (non-hydrogen) atoms. The molecule has 1 aromatic rings. The number of halogens is 1. The van der Waals surface area contributed by atoms with E-state index in [2.05, 4.69) is 0 Å². The summed E-state index contributed by atoms with van der Waals surface area (Å²) < 4.78 is 13.2. The lowest BCUT2D eigenvalue weighted by molar-refractivity contribution is -0.142. The second kappa shape index (κ2) is 8.38. The van der Waals surface area contributed by atoms with Gasteiger partial charge in [0, 0.05) is 39.2 Å². The molecule has 2 amide bonds. The number of carbonyl (C=O) groups excluding carboxylic acids is 2. The van der Waals surface area contributed by atoms with Crippen LogP contribution in [0.1, 0.15) is 43.2 Å². The Labute approximate surface area is 160 Å². The van der Waals surface area contributed by atoms with Gasteiger partial charge in [-0.05, 0) is 61.3 Å². The number of nitrogens with zero attached hydrogens (tertiary/aromatic N) is 2. The first-order chi connectivity index (χ1) is 12.9. The molecule has 0 aliphatic carbocycles. The van der Waals surface area contributed by atoms with E-state index in [0.717, 1.165) is 36.9 Å². The molecule has 2 fully saturated rings. The van der Waals surface area contributed by atoms with Gasteiger partial charge >= 0.3 is 0 Å². The van der Waals surface area contributed by atoms with E-state index in [1.54, 1.807) is 6.07 Å². The number of carbonyl (C=O) groups is 2. The van der Waals surface area contributed by atoms with Crippen LogP contribution in [0.15, 0.2) is 18.2 Å². The number of aliphatic hydroxyl groups is 1. The van der Waals surface area contributed by atoms with Gasteiger partial charge in [0.2, 0.25) is 11.8 Å². The first-order valence-electron chi connectivity index (χ1n) is 9.84. The number of hydrogen-bond donors (Lipinski definition) is 1. The van der Waals surface area contributed by atoms with Gasteiger partial charge in [0.25, 0.3) is 0 Å². The van der Waals surface area contributed by atoms with Crippen molar-refractivity contribution >= 4 is 11.8 Å². The molecule has 0 unspecified atom stereocenters.